The minimum absolute atomic E-state index is 0.323. The minimum Gasteiger partial charge on any atom is -0.490 e. The van der Waals surface area contributed by atoms with Gasteiger partial charge in [-0.2, -0.15) is 0 Å². The van der Waals surface area contributed by atoms with E-state index in [2.05, 4.69) is 10.3 Å². The third-order valence-electron chi connectivity index (χ3n) is 4.99. The van der Waals surface area contributed by atoms with E-state index in [0.29, 0.717) is 59.8 Å². The highest BCUT2D eigenvalue weighted by Gasteiger charge is 2.16. The van der Waals surface area contributed by atoms with Crippen LogP contribution in [0.15, 0.2) is 35.7 Å². The molecule has 1 N–H and O–H groups in total. The van der Waals surface area contributed by atoms with E-state index in [-0.39, 0.29) is 5.82 Å². The molecule has 7 nitrogen and oxygen atoms in total. The number of thiazole rings is 1. The van der Waals surface area contributed by atoms with E-state index in [1.54, 1.807) is 12.1 Å². The van der Waals surface area contributed by atoms with Crippen LogP contribution >= 0.6 is 11.3 Å². The van der Waals surface area contributed by atoms with Crippen LogP contribution in [0.2, 0.25) is 0 Å². The van der Waals surface area contributed by atoms with Crippen molar-refractivity contribution in [3.63, 3.8) is 0 Å². The van der Waals surface area contributed by atoms with Crippen LogP contribution in [0, 0.1) is 12.7 Å². The Labute approximate surface area is 202 Å². The predicted octanol–water partition coefficient (Wildman–Crippen LogP) is 5.80. The van der Waals surface area contributed by atoms with E-state index in [4.69, 9.17) is 19.4 Å². The fraction of sp³-hybridized carbons (Fsp3) is 0.320. The normalized spacial score (nSPS) is 11.3. The van der Waals surface area contributed by atoms with Gasteiger partial charge in [-0.05, 0) is 59.1 Å². The van der Waals surface area contributed by atoms with E-state index in [9.17, 15) is 4.39 Å². The average molecular weight is 482 g/mol. The lowest BCUT2D eigenvalue weighted by Gasteiger charge is -2.16. The average Bonchev–Trinajstić information content (AvgIpc) is 3.22. The molecule has 0 aliphatic carbocycles. The number of anilines is 2. The molecule has 0 radical (unpaired) electrons. The smallest absolute Gasteiger partial charge is 0.163 e. The summed E-state index contributed by atoms with van der Waals surface area (Å²) in [5.74, 6) is 2.21. The molecule has 2 heterocycles. The highest BCUT2D eigenvalue weighted by Crippen LogP contribution is 2.36. The first-order valence-corrected chi connectivity index (χ1v) is 12.0. The second kappa shape index (κ2) is 10.3. The highest BCUT2D eigenvalue weighted by atomic mass is 32.1. The largest absolute Gasteiger partial charge is 0.490 e. The first kappa shape index (κ1) is 23.8. The molecule has 9 heteroatoms. The van der Waals surface area contributed by atoms with Gasteiger partial charge in [0.1, 0.15) is 17.5 Å². The number of nitrogens with zero attached hydrogens (tertiary/aromatic N) is 4. The fourth-order valence-electron chi connectivity index (χ4n) is 3.59. The molecular weight excluding hydrogens is 453 g/mol. The van der Waals surface area contributed by atoms with Crippen molar-refractivity contribution in [3.8, 4) is 22.8 Å². The quantitative estimate of drug-likeness (QED) is 0.324. The van der Waals surface area contributed by atoms with E-state index in [1.807, 2.05) is 57.3 Å². The summed E-state index contributed by atoms with van der Waals surface area (Å²) in [6.45, 7) is 7.34. The molecule has 34 heavy (non-hydrogen) atoms. The first-order chi connectivity index (χ1) is 16.4. The summed E-state index contributed by atoms with van der Waals surface area (Å²) in [5, 5.41) is 6.89. The minimum atomic E-state index is -0.323. The van der Waals surface area contributed by atoms with Gasteiger partial charge in [0.25, 0.3) is 0 Å². The lowest BCUT2D eigenvalue weighted by molar-refractivity contribution is 0.288. The van der Waals surface area contributed by atoms with Gasteiger partial charge < -0.3 is 19.7 Å². The molecule has 0 unspecified atom stereocenters. The number of halogens is 1. The highest BCUT2D eigenvalue weighted by molar-refractivity contribution is 7.09. The molecule has 0 saturated carbocycles. The maximum atomic E-state index is 14.6. The van der Waals surface area contributed by atoms with Crippen molar-refractivity contribution in [1.29, 1.82) is 0 Å². The molecule has 0 spiro atoms. The Morgan fingerprint density at radius 3 is 2.38 bits per heavy atom. The van der Waals surface area contributed by atoms with Crippen LogP contribution in [-0.2, 0) is 6.54 Å². The Hall–Kier alpha value is -3.30. The number of hydrogen-bond acceptors (Lipinski definition) is 8. The second-order valence-corrected chi connectivity index (χ2v) is 9.04. The Morgan fingerprint density at radius 1 is 1.00 bits per heavy atom. The predicted molar refractivity (Wildman–Crippen MR) is 135 cm³/mol. The van der Waals surface area contributed by atoms with Gasteiger partial charge in [-0.3, -0.25) is 0 Å². The lowest BCUT2D eigenvalue weighted by Crippen LogP contribution is -2.14. The number of ether oxygens (including phenoxy) is 2. The number of aromatic nitrogens is 3. The molecule has 2 aromatic heterocycles. The molecule has 178 valence electrons. The van der Waals surface area contributed by atoms with E-state index >= 15 is 0 Å². The molecular formula is C25H28FN5O2S. The molecule has 0 amide bonds. The Kier molecular flexibility index (Phi) is 7.23. The van der Waals surface area contributed by atoms with Gasteiger partial charge in [-0.25, -0.2) is 19.3 Å². The van der Waals surface area contributed by atoms with Crippen LogP contribution < -0.4 is 14.8 Å². The molecule has 4 aromatic rings. The fourth-order valence-corrected chi connectivity index (χ4v) is 4.21. The van der Waals surface area contributed by atoms with Gasteiger partial charge in [0.2, 0.25) is 0 Å². The van der Waals surface area contributed by atoms with Crippen LogP contribution in [0.1, 0.15) is 24.7 Å². The topological polar surface area (TPSA) is 72.4 Å². The van der Waals surface area contributed by atoms with Gasteiger partial charge >= 0.3 is 0 Å². The van der Waals surface area contributed by atoms with Crippen molar-refractivity contribution in [2.24, 2.45) is 0 Å². The summed E-state index contributed by atoms with van der Waals surface area (Å²) in [4.78, 5) is 16.0. The Morgan fingerprint density at radius 2 is 1.74 bits per heavy atom. The molecule has 4 rings (SSSR count). The first-order valence-electron chi connectivity index (χ1n) is 11.1. The second-order valence-electron chi connectivity index (χ2n) is 7.98. The molecule has 0 aliphatic heterocycles. The zero-order valence-corrected chi connectivity index (χ0v) is 20.8. The zero-order chi connectivity index (χ0) is 24.2. The van der Waals surface area contributed by atoms with Gasteiger partial charge in [-0.15, -0.1) is 11.3 Å². The standard InChI is InChI=1S/C25H28FN5O2S/c1-6-32-22-11-18-20(12-23(22)33-7-2)29-24(13-31(4)5)30-25(18)28-16-8-9-19(26)17(10-16)21-14-34-15(3)27-21/h8-12,14H,6-7,13H2,1-5H3,(H,28,29,30). The molecule has 0 aliphatic rings. The third-order valence-corrected chi connectivity index (χ3v) is 5.76. The lowest BCUT2D eigenvalue weighted by atomic mass is 10.1. The number of aryl methyl sites for hydroxylation is 1. The Bertz CT molecular complexity index is 1310. The maximum Gasteiger partial charge on any atom is 0.163 e. The number of hydrogen-bond donors (Lipinski definition) is 1. The van der Waals surface area contributed by atoms with Crippen LogP contribution in [0.5, 0.6) is 11.5 Å². The van der Waals surface area contributed by atoms with Crippen molar-refractivity contribution in [2.45, 2.75) is 27.3 Å². The van der Waals surface area contributed by atoms with Gasteiger partial charge in [-0.1, -0.05) is 0 Å². The van der Waals surface area contributed by atoms with Crippen molar-refractivity contribution in [2.75, 3.05) is 32.6 Å². The summed E-state index contributed by atoms with van der Waals surface area (Å²) in [6.07, 6.45) is 0. The summed E-state index contributed by atoms with van der Waals surface area (Å²) in [7, 11) is 3.93. The van der Waals surface area contributed by atoms with Crippen molar-refractivity contribution in [1.82, 2.24) is 19.9 Å². The third kappa shape index (κ3) is 5.26. The SMILES string of the molecule is CCOc1cc2nc(CN(C)C)nc(Nc3ccc(F)c(-c4csc(C)n4)c3)c2cc1OCC. The van der Waals surface area contributed by atoms with Gasteiger partial charge in [0.15, 0.2) is 11.5 Å². The summed E-state index contributed by atoms with van der Waals surface area (Å²) >= 11 is 1.49. The number of rotatable bonds is 9. The van der Waals surface area contributed by atoms with Crippen LogP contribution in [0.4, 0.5) is 15.9 Å². The molecule has 0 bridgehead atoms. The summed E-state index contributed by atoms with van der Waals surface area (Å²) < 4.78 is 26.2. The van der Waals surface area contributed by atoms with Gasteiger partial charge in [0.05, 0.1) is 36.0 Å². The van der Waals surface area contributed by atoms with E-state index < -0.39 is 0 Å². The zero-order valence-electron chi connectivity index (χ0n) is 20.0. The number of fused-ring (bicyclic) bond motifs is 1. The maximum absolute atomic E-state index is 14.6. The van der Waals surface area contributed by atoms with Crippen molar-refractivity contribution < 1.29 is 13.9 Å². The molecule has 0 fully saturated rings. The van der Waals surface area contributed by atoms with Crippen LogP contribution in [0.25, 0.3) is 22.2 Å². The molecule has 0 atom stereocenters. The Balaban J connectivity index is 1.82. The number of nitrogens with one attached hydrogen (secondary N) is 1. The van der Waals surface area contributed by atoms with Crippen molar-refractivity contribution >= 4 is 33.7 Å². The monoisotopic (exact) mass is 481 g/mol. The van der Waals surface area contributed by atoms with E-state index in [1.165, 1.54) is 17.4 Å². The summed E-state index contributed by atoms with van der Waals surface area (Å²) in [6, 6.07) is 8.65. The van der Waals surface area contributed by atoms with Crippen molar-refractivity contribution in [3.05, 3.63) is 52.4 Å². The summed E-state index contributed by atoms with van der Waals surface area (Å²) in [5.41, 5.74) is 2.49. The van der Waals surface area contributed by atoms with E-state index in [0.717, 1.165) is 15.9 Å². The van der Waals surface area contributed by atoms with Crippen LogP contribution in [0.3, 0.4) is 0 Å². The molecule has 0 saturated heterocycles. The molecule has 2 aromatic carbocycles. The van der Waals surface area contributed by atoms with Gasteiger partial charge in [0, 0.05) is 28.1 Å². The number of benzene rings is 2. The van der Waals surface area contributed by atoms with Crippen LogP contribution in [-0.4, -0.2) is 47.2 Å².